The highest BCUT2D eigenvalue weighted by atomic mass is 19.1. The number of fused-ring (bicyclic) bond motifs is 1. The summed E-state index contributed by atoms with van der Waals surface area (Å²) in [6, 6.07) is 5.45. The van der Waals surface area contributed by atoms with Crippen molar-refractivity contribution >= 4 is 40.6 Å². The number of alkyl halides is 1. The van der Waals surface area contributed by atoms with E-state index < -0.39 is 37.2 Å². The van der Waals surface area contributed by atoms with E-state index >= 15 is 0 Å². The summed E-state index contributed by atoms with van der Waals surface area (Å²) in [7, 11) is 1.74. The number of rotatable bonds is 11. The number of carbonyl (C=O) groups excluding carboxylic acids is 4. The molecule has 13 heteroatoms. The second kappa shape index (κ2) is 17.4. The molecule has 286 valence electrons. The van der Waals surface area contributed by atoms with Crippen LogP contribution in [-0.2, 0) is 28.5 Å². The third-order valence-corrected chi connectivity index (χ3v) is 11.9. The van der Waals surface area contributed by atoms with Gasteiger partial charge in [0, 0.05) is 43.6 Å². The number of ether oxygens (including phenoxy) is 4. The molecule has 3 aliphatic carbocycles. The zero-order valence-corrected chi connectivity index (χ0v) is 30.4. The summed E-state index contributed by atoms with van der Waals surface area (Å²) in [6.45, 7) is 1.38. The maximum atomic E-state index is 14.2. The number of nitrogens with zero attached hydrogens (tertiary/aromatic N) is 1. The molecule has 1 saturated heterocycles. The summed E-state index contributed by atoms with van der Waals surface area (Å²) >= 11 is 0. The molecule has 1 unspecified atom stereocenters. The van der Waals surface area contributed by atoms with Crippen LogP contribution in [0.25, 0.3) is 11.0 Å². The molecule has 3 N–H and O–H groups in total. The molecule has 6 rings (SSSR count). The fraction of sp³-hybridized carbons (Fsp3) is 0.692. The van der Waals surface area contributed by atoms with Crippen LogP contribution in [0.15, 0.2) is 28.7 Å². The van der Waals surface area contributed by atoms with E-state index in [4.69, 9.17) is 29.1 Å². The van der Waals surface area contributed by atoms with E-state index in [1.807, 2.05) is 0 Å². The number of halogens is 1. The van der Waals surface area contributed by atoms with Gasteiger partial charge < -0.3 is 39.3 Å². The second-order valence-corrected chi connectivity index (χ2v) is 15.2. The van der Waals surface area contributed by atoms with Gasteiger partial charge in [0.1, 0.15) is 24.4 Å². The van der Waals surface area contributed by atoms with Gasteiger partial charge in [-0.2, -0.15) is 0 Å². The van der Waals surface area contributed by atoms with Gasteiger partial charge in [0.15, 0.2) is 0 Å². The average molecular weight is 728 g/mol. The minimum Gasteiger partial charge on any atom is -0.449 e. The number of nitrogens with two attached hydrogens (primary N) is 1. The molecule has 2 amide bonds. The summed E-state index contributed by atoms with van der Waals surface area (Å²) in [4.78, 5) is 55.1. The Bertz CT molecular complexity index is 1540. The number of esters is 1. The van der Waals surface area contributed by atoms with Crippen LogP contribution in [0.1, 0.15) is 107 Å². The number of amides is 2. The Hall–Kier alpha value is -3.71. The van der Waals surface area contributed by atoms with Gasteiger partial charge in [-0.3, -0.25) is 9.59 Å². The van der Waals surface area contributed by atoms with Crippen LogP contribution in [0.3, 0.4) is 0 Å². The average Bonchev–Trinajstić information content (AvgIpc) is 3.80. The molecule has 0 bridgehead atoms. The lowest BCUT2D eigenvalue weighted by atomic mass is 9.75. The normalized spacial score (nSPS) is 28.2. The van der Waals surface area contributed by atoms with Crippen LogP contribution in [0.5, 0.6) is 0 Å². The van der Waals surface area contributed by atoms with Crippen LogP contribution in [0.4, 0.5) is 14.9 Å². The molecule has 2 heterocycles. The first-order valence-corrected chi connectivity index (χ1v) is 19.2. The Kier molecular flexibility index (Phi) is 12.7. The number of anilines is 1. The monoisotopic (exact) mass is 727 g/mol. The van der Waals surface area contributed by atoms with Crippen molar-refractivity contribution in [3.63, 3.8) is 0 Å². The fourth-order valence-electron chi connectivity index (χ4n) is 8.95. The van der Waals surface area contributed by atoms with E-state index in [2.05, 4.69) is 5.32 Å². The Morgan fingerprint density at radius 2 is 1.65 bits per heavy atom. The highest BCUT2D eigenvalue weighted by molar-refractivity contribution is 6.00. The van der Waals surface area contributed by atoms with Gasteiger partial charge in [0.2, 0.25) is 23.9 Å². The molecular formula is C39H54FN3O9. The van der Waals surface area contributed by atoms with Crippen molar-refractivity contribution in [3.8, 4) is 0 Å². The van der Waals surface area contributed by atoms with Crippen molar-refractivity contribution in [3.05, 3.63) is 30.0 Å². The minimum atomic E-state index is -1.19. The van der Waals surface area contributed by atoms with Crippen LogP contribution in [0, 0.1) is 23.7 Å². The van der Waals surface area contributed by atoms with Crippen LogP contribution < -0.4 is 11.1 Å². The van der Waals surface area contributed by atoms with Crippen molar-refractivity contribution in [2.45, 2.75) is 127 Å². The van der Waals surface area contributed by atoms with Gasteiger partial charge in [-0.15, -0.1) is 0 Å². The standard InChI is InChI=1S/C39H54FN3O9/c1-23(50-39(47)51-30-6-4-3-5-7-30)49-38(46)34-21-27-20-28(14-17-33(27)52-34)42-36(44)35-31(24-12-15-29(48-2)16-13-24)18-19-43(35)37(45)26-10-8-25(9-11-26)32(41)22-40/h14,17,20-21,23-26,29-32,35H,3-13,15-16,18-19,22,41H2,1-2H3,(H,42,44)/t23?,24?,25-,26-,29?,31-,32+,35-/m0/s1. The Labute approximate surface area is 304 Å². The van der Waals surface area contributed by atoms with E-state index in [0.717, 1.165) is 64.2 Å². The second-order valence-electron chi connectivity index (χ2n) is 15.2. The van der Waals surface area contributed by atoms with Crippen LogP contribution >= 0.6 is 0 Å². The molecule has 4 atom stereocenters. The number of nitrogens with one attached hydrogen (secondary N) is 1. The molecule has 12 nitrogen and oxygen atoms in total. The quantitative estimate of drug-likeness (QED) is 0.184. The maximum absolute atomic E-state index is 14.2. The van der Waals surface area contributed by atoms with Crippen molar-refractivity contribution in [2.75, 3.05) is 25.6 Å². The topological polar surface area (TPSA) is 160 Å². The minimum absolute atomic E-state index is 0.00519. The first kappa shape index (κ1) is 38.0. The number of furan rings is 1. The zero-order valence-electron chi connectivity index (χ0n) is 30.4. The summed E-state index contributed by atoms with van der Waals surface area (Å²) < 4.78 is 40.3. The van der Waals surface area contributed by atoms with Crippen molar-refractivity contribution in [2.24, 2.45) is 29.4 Å². The summed E-state index contributed by atoms with van der Waals surface area (Å²) in [5.41, 5.74) is 6.89. The summed E-state index contributed by atoms with van der Waals surface area (Å²) in [5, 5.41) is 3.63. The maximum Gasteiger partial charge on any atom is 0.511 e. The summed E-state index contributed by atoms with van der Waals surface area (Å²) in [5.74, 6) is -0.979. The smallest absolute Gasteiger partial charge is 0.449 e. The van der Waals surface area contributed by atoms with Gasteiger partial charge in [0.05, 0.1) is 6.10 Å². The van der Waals surface area contributed by atoms with Gasteiger partial charge in [0.25, 0.3) is 0 Å². The molecule has 1 aromatic heterocycles. The Morgan fingerprint density at radius 1 is 0.923 bits per heavy atom. The van der Waals surface area contributed by atoms with Gasteiger partial charge in [-0.25, -0.2) is 14.0 Å². The van der Waals surface area contributed by atoms with Crippen LogP contribution in [-0.4, -0.2) is 79.7 Å². The van der Waals surface area contributed by atoms with E-state index in [-0.39, 0.29) is 47.5 Å². The lowest BCUT2D eigenvalue weighted by Gasteiger charge is -2.37. The molecule has 0 spiro atoms. The highest BCUT2D eigenvalue weighted by Gasteiger charge is 2.47. The third-order valence-electron chi connectivity index (χ3n) is 11.9. The lowest BCUT2D eigenvalue weighted by molar-refractivity contribution is -0.142. The van der Waals surface area contributed by atoms with Gasteiger partial charge >= 0.3 is 12.1 Å². The van der Waals surface area contributed by atoms with Crippen LogP contribution in [0.2, 0.25) is 0 Å². The molecule has 3 saturated carbocycles. The lowest BCUT2D eigenvalue weighted by Crippen LogP contribution is -2.50. The summed E-state index contributed by atoms with van der Waals surface area (Å²) in [6.07, 6.45) is 9.82. The van der Waals surface area contributed by atoms with E-state index in [1.54, 1.807) is 30.2 Å². The Morgan fingerprint density at radius 3 is 2.35 bits per heavy atom. The molecule has 0 radical (unpaired) electrons. The predicted octanol–water partition coefficient (Wildman–Crippen LogP) is 6.89. The molecule has 2 aromatic rings. The number of benzene rings is 1. The molecule has 4 aliphatic rings. The molecule has 1 aliphatic heterocycles. The largest absolute Gasteiger partial charge is 0.511 e. The van der Waals surface area contributed by atoms with E-state index in [1.165, 1.54) is 13.0 Å². The SMILES string of the molecule is COC1CCC([C@@H]2CCN(C(=O)[C@H]3CC[C@H]([C@H](N)CF)CC3)[C@@H]2C(=O)Nc2ccc3oc(C(=O)OC(C)OC(=O)OC4CCCCC4)cc3c2)CC1. The highest BCUT2D eigenvalue weighted by Crippen LogP contribution is 2.42. The number of carbonyl (C=O) groups is 4. The zero-order chi connectivity index (χ0) is 36.8. The molecular weight excluding hydrogens is 673 g/mol. The van der Waals surface area contributed by atoms with Crippen molar-refractivity contribution in [1.29, 1.82) is 0 Å². The fourth-order valence-corrected chi connectivity index (χ4v) is 8.95. The molecule has 52 heavy (non-hydrogen) atoms. The molecule has 4 fully saturated rings. The molecule has 1 aromatic carbocycles. The van der Waals surface area contributed by atoms with Gasteiger partial charge in [-0.05, 0) is 125 Å². The predicted molar refractivity (Wildman–Crippen MR) is 190 cm³/mol. The van der Waals surface area contributed by atoms with Gasteiger partial charge in [-0.1, -0.05) is 6.42 Å². The number of hydrogen-bond acceptors (Lipinski definition) is 10. The number of likely N-dealkylation sites (tertiary alicyclic amines) is 1. The van der Waals surface area contributed by atoms with E-state index in [0.29, 0.717) is 54.8 Å². The van der Waals surface area contributed by atoms with E-state index in [9.17, 15) is 23.6 Å². The van der Waals surface area contributed by atoms with Crippen molar-refractivity contribution < 1.29 is 46.9 Å². The Balaban J connectivity index is 1.11. The number of methoxy groups -OCH3 is 1. The number of hydrogen-bond donors (Lipinski definition) is 2. The third kappa shape index (κ3) is 9.07. The first-order valence-electron chi connectivity index (χ1n) is 19.2. The van der Waals surface area contributed by atoms with Crippen molar-refractivity contribution in [1.82, 2.24) is 4.90 Å². The first-order chi connectivity index (χ1) is 25.1.